The zero-order valence-corrected chi connectivity index (χ0v) is 21.3. The van der Waals surface area contributed by atoms with Crippen molar-refractivity contribution in [3.8, 4) is 17.2 Å². The third kappa shape index (κ3) is 4.74. The van der Waals surface area contributed by atoms with Crippen LogP contribution in [-0.2, 0) is 6.42 Å². The van der Waals surface area contributed by atoms with Crippen LogP contribution < -0.4 is 4.74 Å². The number of aryl methyl sites for hydroxylation is 1. The van der Waals surface area contributed by atoms with Crippen LogP contribution in [0.3, 0.4) is 0 Å². The lowest BCUT2D eigenvalue weighted by molar-refractivity contribution is 0.0729. The van der Waals surface area contributed by atoms with E-state index in [1.165, 1.54) is 24.3 Å². The van der Waals surface area contributed by atoms with Crippen molar-refractivity contribution in [2.75, 3.05) is 0 Å². The van der Waals surface area contributed by atoms with Crippen LogP contribution in [0.25, 0.3) is 11.0 Å². The molecular weight excluding hydrogens is 568 g/mol. The Morgan fingerprint density at radius 3 is 2.29 bits per heavy atom. The number of ketones is 1. The second-order valence-electron chi connectivity index (χ2n) is 7.69. The maximum Gasteiger partial charge on any atom is 0.343 e. The normalized spacial score (nSPS) is 11.0. The summed E-state index contributed by atoms with van der Waals surface area (Å²) < 4.78 is 12.1. The first-order valence-corrected chi connectivity index (χ1v) is 12.2. The third-order valence-electron chi connectivity index (χ3n) is 5.32. The number of carbonyl (C=O) groups excluding carboxylic acids is 2. The van der Waals surface area contributed by atoms with Crippen molar-refractivity contribution in [3.05, 3.63) is 86.0 Å². The van der Waals surface area contributed by atoms with E-state index in [-0.39, 0.29) is 23.0 Å². The summed E-state index contributed by atoms with van der Waals surface area (Å²) in [5.74, 6) is -0.828. The van der Waals surface area contributed by atoms with E-state index < -0.39 is 5.97 Å². The molecule has 0 atom stereocenters. The topological polar surface area (TPSA) is 97.0 Å². The Morgan fingerprint density at radius 2 is 1.65 bits per heavy atom. The van der Waals surface area contributed by atoms with Gasteiger partial charge in [0.15, 0.2) is 17.3 Å². The van der Waals surface area contributed by atoms with Gasteiger partial charge in [0.05, 0.1) is 20.1 Å². The van der Waals surface area contributed by atoms with Gasteiger partial charge in [0.2, 0.25) is 0 Å². The van der Waals surface area contributed by atoms with Crippen molar-refractivity contribution in [1.82, 2.24) is 0 Å². The highest BCUT2D eigenvalue weighted by Gasteiger charge is 2.25. The van der Waals surface area contributed by atoms with Gasteiger partial charge in [-0.25, -0.2) is 4.79 Å². The molecule has 0 aliphatic rings. The fourth-order valence-corrected chi connectivity index (χ4v) is 4.77. The summed E-state index contributed by atoms with van der Waals surface area (Å²) in [6, 6.07) is 14.3. The highest BCUT2D eigenvalue weighted by molar-refractivity contribution is 9.11. The van der Waals surface area contributed by atoms with Crippen molar-refractivity contribution < 1.29 is 29.0 Å². The Kier molecular flexibility index (Phi) is 7.09. The Balaban J connectivity index is 1.79. The van der Waals surface area contributed by atoms with Gasteiger partial charge in [-0.05, 0) is 68.6 Å². The van der Waals surface area contributed by atoms with Crippen LogP contribution in [0.4, 0.5) is 0 Å². The van der Waals surface area contributed by atoms with Crippen molar-refractivity contribution in [2.45, 2.75) is 26.2 Å². The number of phenolic OH excluding ortho intramolecular Hbond substituents is 2. The number of carbonyl (C=O) groups is 2. The Bertz CT molecular complexity index is 1370. The number of hydrogen-bond donors (Lipinski definition) is 2. The van der Waals surface area contributed by atoms with E-state index in [1.54, 1.807) is 30.3 Å². The van der Waals surface area contributed by atoms with Crippen molar-refractivity contribution in [2.24, 2.45) is 0 Å². The molecule has 0 aliphatic carbocycles. The number of unbranched alkanes of at least 4 members (excludes halogenated alkanes) is 1. The Labute approximate surface area is 212 Å². The number of hydrogen-bond acceptors (Lipinski definition) is 6. The average Bonchev–Trinajstić information content (AvgIpc) is 3.17. The molecule has 3 aromatic carbocycles. The number of esters is 1. The second kappa shape index (κ2) is 10.0. The number of phenols is 2. The van der Waals surface area contributed by atoms with Gasteiger partial charge in [-0.3, -0.25) is 4.79 Å². The molecule has 8 heteroatoms. The van der Waals surface area contributed by atoms with Crippen LogP contribution in [0.2, 0.25) is 0 Å². The van der Waals surface area contributed by atoms with E-state index in [0.29, 0.717) is 48.8 Å². The maximum atomic E-state index is 13.5. The highest BCUT2D eigenvalue weighted by Crippen LogP contribution is 2.39. The predicted molar refractivity (Wildman–Crippen MR) is 135 cm³/mol. The van der Waals surface area contributed by atoms with Crippen LogP contribution in [0.5, 0.6) is 17.2 Å². The number of halogens is 2. The maximum absolute atomic E-state index is 13.5. The standard InChI is InChI=1S/C26H20Br2O6/c1-2-3-9-20-23(24(30)15-10-17(27)25(31)18(28)11-15)16-12-19(29)22(13-21(16)33-20)34-26(32)14-7-5-4-6-8-14/h4-8,10-13,29,31H,2-3,9H2,1H3. The second-order valence-corrected chi connectivity index (χ2v) is 9.40. The summed E-state index contributed by atoms with van der Waals surface area (Å²) >= 11 is 6.52. The predicted octanol–water partition coefficient (Wildman–Crippen LogP) is 7.16. The summed E-state index contributed by atoms with van der Waals surface area (Å²) in [5, 5.41) is 21.0. The molecule has 0 radical (unpaired) electrons. The monoisotopic (exact) mass is 586 g/mol. The van der Waals surface area contributed by atoms with Crippen LogP contribution in [0, 0.1) is 0 Å². The molecule has 1 heterocycles. The molecule has 2 N–H and O–H groups in total. The number of aromatic hydroxyl groups is 2. The van der Waals surface area contributed by atoms with Gasteiger partial charge in [0, 0.05) is 23.4 Å². The lowest BCUT2D eigenvalue weighted by atomic mass is 9.98. The summed E-state index contributed by atoms with van der Waals surface area (Å²) in [6.07, 6.45) is 2.21. The quantitative estimate of drug-likeness (QED) is 0.135. The lowest BCUT2D eigenvalue weighted by Gasteiger charge is -2.08. The molecule has 0 bridgehead atoms. The number of fused-ring (bicyclic) bond motifs is 1. The van der Waals surface area contributed by atoms with E-state index >= 15 is 0 Å². The Morgan fingerprint density at radius 1 is 0.971 bits per heavy atom. The molecule has 0 fully saturated rings. The number of rotatable bonds is 7. The minimum Gasteiger partial charge on any atom is -0.506 e. The van der Waals surface area contributed by atoms with Gasteiger partial charge in [-0.1, -0.05) is 31.5 Å². The number of furan rings is 1. The molecule has 0 unspecified atom stereocenters. The number of ether oxygens (including phenoxy) is 1. The van der Waals surface area contributed by atoms with Crippen molar-refractivity contribution >= 4 is 54.6 Å². The molecule has 1 aromatic heterocycles. The number of benzene rings is 3. The van der Waals surface area contributed by atoms with Crippen LogP contribution in [-0.4, -0.2) is 22.0 Å². The van der Waals surface area contributed by atoms with Crippen LogP contribution in [0.1, 0.15) is 51.8 Å². The molecule has 174 valence electrons. The van der Waals surface area contributed by atoms with E-state index in [9.17, 15) is 19.8 Å². The SMILES string of the molecule is CCCCc1oc2cc(OC(=O)c3ccccc3)c(O)cc2c1C(=O)c1cc(Br)c(O)c(Br)c1. The van der Waals surface area contributed by atoms with Gasteiger partial charge >= 0.3 is 5.97 Å². The summed E-state index contributed by atoms with van der Waals surface area (Å²) in [4.78, 5) is 26.0. The minimum atomic E-state index is -0.622. The van der Waals surface area contributed by atoms with Crippen molar-refractivity contribution in [3.63, 3.8) is 0 Å². The molecule has 34 heavy (non-hydrogen) atoms. The first kappa shape index (κ1) is 24.0. The van der Waals surface area contributed by atoms with Gasteiger partial charge in [-0.2, -0.15) is 0 Å². The smallest absolute Gasteiger partial charge is 0.343 e. The molecule has 0 amide bonds. The van der Waals surface area contributed by atoms with E-state index in [0.717, 1.165) is 12.8 Å². The van der Waals surface area contributed by atoms with Gasteiger partial charge < -0.3 is 19.4 Å². The van der Waals surface area contributed by atoms with Gasteiger partial charge in [0.1, 0.15) is 17.1 Å². The summed E-state index contributed by atoms with van der Waals surface area (Å²) in [6.45, 7) is 2.03. The summed E-state index contributed by atoms with van der Waals surface area (Å²) in [5.41, 5.74) is 1.31. The summed E-state index contributed by atoms with van der Waals surface area (Å²) in [7, 11) is 0. The van der Waals surface area contributed by atoms with Gasteiger partial charge in [-0.15, -0.1) is 0 Å². The molecule has 4 rings (SSSR count). The molecule has 0 saturated carbocycles. The zero-order chi connectivity index (χ0) is 24.4. The first-order valence-electron chi connectivity index (χ1n) is 10.6. The lowest BCUT2D eigenvalue weighted by Crippen LogP contribution is -2.08. The highest BCUT2D eigenvalue weighted by atomic mass is 79.9. The van der Waals surface area contributed by atoms with E-state index in [4.69, 9.17) is 9.15 Å². The largest absolute Gasteiger partial charge is 0.506 e. The first-order chi connectivity index (χ1) is 16.3. The zero-order valence-electron chi connectivity index (χ0n) is 18.1. The molecule has 4 aromatic rings. The molecule has 6 nitrogen and oxygen atoms in total. The average molecular weight is 588 g/mol. The van der Waals surface area contributed by atoms with Crippen LogP contribution in [0.15, 0.2) is 68.0 Å². The minimum absolute atomic E-state index is 0.0117. The van der Waals surface area contributed by atoms with Crippen molar-refractivity contribution in [1.29, 1.82) is 0 Å². The molecule has 0 saturated heterocycles. The fourth-order valence-electron chi connectivity index (χ4n) is 3.58. The Hall–Kier alpha value is -3.10. The van der Waals surface area contributed by atoms with E-state index in [1.807, 2.05) is 6.92 Å². The molecular formula is C26H20Br2O6. The fraction of sp³-hybridized carbons (Fsp3) is 0.154. The van der Waals surface area contributed by atoms with Gasteiger partial charge in [0.25, 0.3) is 0 Å². The van der Waals surface area contributed by atoms with Crippen LogP contribution >= 0.6 is 31.9 Å². The third-order valence-corrected chi connectivity index (χ3v) is 6.53. The molecule has 0 spiro atoms. The molecule has 0 aliphatic heterocycles. The van der Waals surface area contributed by atoms with E-state index in [2.05, 4.69) is 31.9 Å².